The summed E-state index contributed by atoms with van der Waals surface area (Å²) < 4.78 is 5.07. The van der Waals surface area contributed by atoms with Gasteiger partial charge in [0.05, 0.1) is 0 Å². The first kappa shape index (κ1) is 16.2. The molecule has 0 saturated heterocycles. The molecule has 1 heterocycles. The van der Waals surface area contributed by atoms with Crippen molar-refractivity contribution in [2.45, 2.75) is 39.5 Å². The van der Waals surface area contributed by atoms with Gasteiger partial charge < -0.3 is 9.64 Å². The SMILES string of the molecule is COCCCN(C)c1nc(C(C)(C)C)nc(Cl)c1C. The zero-order valence-corrected chi connectivity index (χ0v) is 13.5. The van der Waals surface area contributed by atoms with E-state index in [1.807, 2.05) is 14.0 Å². The minimum Gasteiger partial charge on any atom is -0.385 e. The summed E-state index contributed by atoms with van der Waals surface area (Å²) in [6.45, 7) is 9.84. The molecular formula is C14H24ClN3O. The highest BCUT2D eigenvalue weighted by Crippen LogP contribution is 2.27. The van der Waals surface area contributed by atoms with E-state index in [4.69, 9.17) is 16.3 Å². The minimum absolute atomic E-state index is 0.112. The molecule has 0 N–H and O–H groups in total. The second-order valence-corrected chi connectivity index (χ2v) is 6.16. The Balaban J connectivity index is 3.02. The van der Waals surface area contributed by atoms with E-state index in [0.29, 0.717) is 5.15 Å². The maximum atomic E-state index is 6.23. The molecule has 0 saturated carbocycles. The molecule has 0 amide bonds. The van der Waals surface area contributed by atoms with Gasteiger partial charge in [0.2, 0.25) is 0 Å². The van der Waals surface area contributed by atoms with E-state index in [2.05, 4.69) is 35.6 Å². The number of hydrogen-bond donors (Lipinski definition) is 0. The molecule has 4 nitrogen and oxygen atoms in total. The zero-order chi connectivity index (χ0) is 14.6. The molecule has 1 aromatic rings. The lowest BCUT2D eigenvalue weighted by Crippen LogP contribution is -2.25. The van der Waals surface area contributed by atoms with Crippen LogP contribution < -0.4 is 4.90 Å². The topological polar surface area (TPSA) is 38.2 Å². The molecule has 5 heteroatoms. The Morgan fingerprint density at radius 2 is 1.89 bits per heavy atom. The average molecular weight is 286 g/mol. The summed E-state index contributed by atoms with van der Waals surface area (Å²) in [5.41, 5.74) is 0.814. The highest BCUT2D eigenvalue weighted by Gasteiger charge is 2.21. The van der Waals surface area contributed by atoms with Crippen molar-refractivity contribution in [3.63, 3.8) is 0 Å². The van der Waals surface area contributed by atoms with E-state index in [-0.39, 0.29) is 5.41 Å². The van der Waals surface area contributed by atoms with Gasteiger partial charge in [-0.2, -0.15) is 0 Å². The Kier molecular flexibility index (Phi) is 5.56. The van der Waals surface area contributed by atoms with Crippen LogP contribution in [0.3, 0.4) is 0 Å². The monoisotopic (exact) mass is 285 g/mol. The lowest BCUT2D eigenvalue weighted by atomic mass is 9.95. The lowest BCUT2D eigenvalue weighted by Gasteiger charge is -2.24. The van der Waals surface area contributed by atoms with Crippen LogP contribution in [0.1, 0.15) is 38.6 Å². The molecule has 0 unspecified atom stereocenters. The standard InChI is InChI=1S/C14H24ClN3O/c1-10-11(15)16-13(14(2,3)4)17-12(10)18(5)8-7-9-19-6/h7-9H2,1-6H3. The third-order valence-corrected chi connectivity index (χ3v) is 3.30. The summed E-state index contributed by atoms with van der Waals surface area (Å²) in [6, 6.07) is 0. The second-order valence-electron chi connectivity index (χ2n) is 5.80. The van der Waals surface area contributed by atoms with Crippen LogP contribution >= 0.6 is 11.6 Å². The van der Waals surface area contributed by atoms with Crippen molar-refractivity contribution in [1.29, 1.82) is 0 Å². The van der Waals surface area contributed by atoms with E-state index in [1.165, 1.54) is 0 Å². The van der Waals surface area contributed by atoms with Crippen LogP contribution in [0.5, 0.6) is 0 Å². The molecule has 19 heavy (non-hydrogen) atoms. The van der Waals surface area contributed by atoms with Gasteiger partial charge in [0.1, 0.15) is 16.8 Å². The minimum atomic E-state index is -0.112. The summed E-state index contributed by atoms with van der Waals surface area (Å²) in [5, 5.41) is 0.536. The van der Waals surface area contributed by atoms with Gasteiger partial charge in [-0.3, -0.25) is 0 Å². The largest absolute Gasteiger partial charge is 0.385 e. The molecule has 0 radical (unpaired) electrons. The van der Waals surface area contributed by atoms with E-state index >= 15 is 0 Å². The van der Waals surface area contributed by atoms with Gasteiger partial charge in [0, 0.05) is 38.3 Å². The zero-order valence-electron chi connectivity index (χ0n) is 12.7. The van der Waals surface area contributed by atoms with Gasteiger partial charge in [-0.05, 0) is 13.3 Å². The Bertz CT molecular complexity index is 429. The second kappa shape index (κ2) is 6.53. The maximum absolute atomic E-state index is 6.23. The van der Waals surface area contributed by atoms with Crippen molar-refractivity contribution in [3.05, 3.63) is 16.5 Å². The number of halogens is 1. The summed E-state index contributed by atoms with van der Waals surface area (Å²) in [6.07, 6.45) is 0.957. The van der Waals surface area contributed by atoms with Crippen LogP contribution in [-0.2, 0) is 10.2 Å². The number of nitrogens with zero attached hydrogens (tertiary/aromatic N) is 3. The van der Waals surface area contributed by atoms with Crippen LogP contribution in [0.2, 0.25) is 5.15 Å². The van der Waals surface area contributed by atoms with Crippen LogP contribution in [-0.4, -0.2) is 37.3 Å². The Morgan fingerprint density at radius 1 is 1.26 bits per heavy atom. The number of rotatable bonds is 5. The van der Waals surface area contributed by atoms with E-state index in [9.17, 15) is 0 Å². The third kappa shape index (κ3) is 4.32. The van der Waals surface area contributed by atoms with Crippen LogP contribution in [0.4, 0.5) is 5.82 Å². The Labute approximate surface area is 121 Å². The number of aromatic nitrogens is 2. The predicted molar refractivity (Wildman–Crippen MR) is 80.2 cm³/mol. The molecule has 1 aromatic heterocycles. The number of ether oxygens (including phenoxy) is 1. The number of methoxy groups -OCH3 is 1. The fraction of sp³-hybridized carbons (Fsp3) is 0.714. The summed E-state index contributed by atoms with van der Waals surface area (Å²) in [5.74, 6) is 1.68. The highest BCUT2D eigenvalue weighted by atomic mass is 35.5. The Morgan fingerprint density at radius 3 is 2.42 bits per heavy atom. The normalized spacial score (nSPS) is 11.7. The van der Waals surface area contributed by atoms with Gasteiger partial charge >= 0.3 is 0 Å². The van der Waals surface area contributed by atoms with Crippen LogP contribution in [0.15, 0.2) is 0 Å². The average Bonchev–Trinajstić information content (AvgIpc) is 2.31. The summed E-state index contributed by atoms with van der Waals surface area (Å²) >= 11 is 6.23. The van der Waals surface area contributed by atoms with Crippen molar-refractivity contribution in [2.75, 3.05) is 32.2 Å². The Hall–Kier alpha value is -0.870. The molecule has 0 atom stereocenters. The smallest absolute Gasteiger partial charge is 0.137 e. The van der Waals surface area contributed by atoms with Crippen molar-refractivity contribution >= 4 is 17.4 Å². The molecule has 0 aliphatic carbocycles. The summed E-state index contributed by atoms with van der Waals surface area (Å²) in [4.78, 5) is 11.2. The molecule has 0 fully saturated rings. The fourth-order valence-corrected chi connectivity index (χ4v) is 1.90. The van der Waals surface area contributed by atoms with Crippen LogP contribution in [0.25, 0.3) is 0 Å². The first-order chi connectivity index (χ1) is 8.77. The van der Waals surface area contributed by atoms with Gasteiger partial charge in [0.25, 0.3) is 0 Å². The highest BCUT2D eigenvalue weighted by molar-refractivity contribution is 6.30. The van der Waals surface area contributed by atoms with Crippen molar-refractivity contribution in [1.82, 2.24) is 9.97 Å². The van der Waals surface area contributed by atoms with Crippen molar-refractivity contribution < 1.29 is 4.74 Å². The lowest BCUT2D eigenvalue weighted by molar-refractivity contribution is 0.196. The van der Waals surface area contributed by atoms with Crippen molar-refractivity contribution in [3.8, 4) is 0 Å². The van der Waals surface area contributed by atoms with E-state index < -0.39 is 0 Å². The predicted octanol–water partition coefficient (Wildman–Crippen LogP) is 3.21. The maximum Gasteiger partial charge on any atom is 0.137 e. The van der Waals surface area contributed by atoms with Crippen LogP contribution in [0, 0.1) is 6.92 Å². The number of anilines is 1. The quantitative estimate of drug-likeness (QED) is 0.615. The summed E-state index contributed by atoms with van der Waals surface area (Å²) in [7, 11) is 3.73. The van der Waals surface area contributed by atoms with Gasteiger partial charge in [0.15, 0.2) is 0 Å². The first-order valence-electron chi connectivity index (χ1n) is 6.52. The third-order valence-electron chi connectivity index (χ3n) is 2.94. The molecular weight excluding hydrogens is 262 g/mol. The fourth-order valence-electron chi connectivity index (χ4n) is 1.74. The van der Waals surface area contributed by atoms with E-state index in [0.717, 1.165) is 36.8 Å². The van der Waals surface area contributed by atoms with Crippen molar-refractivity contribution in [2.24, 2.45) is 0 Å². The molecule has 108 valence electrons. The van der Waals surface area contributed by atoms with Gasteiger partial charge in [-0.1, -0.05) is 32.4 Å². The van der Waals surface area contributed by atoms with Gasteiger partial charge in [-0.25, -0.2) is 9.97 Å². The molecule has 0 bridgehead atoms. The molecule has 0 aromatic carbocycles. The first-order valence-corrected chi connectivity index (χ1v) is 6.90. The van der Waals surface area contributed by atoms with E-state index in [1.54, 1.807) is 7.11 Å². The molecule has 0 aliphatic heterocycles. The molecule has 0 spiro atoms. The molecule has 0 aliphatic rings. The van der Waals surface area contributed by atoms with Gasteiger partial charge in [-0.15, -0.1) is 0 Å². The number of hydrogen-bond acceptors (Lipinski definition) is 4. The molecule has 1 rings (SSSR count).